The van der Waals surface area contributed by atoms with Crippen LogP contribution in [0.25, 0.3) is 22.3 Å². The zero-order valence-corrected chi connectivity index (χ0v) is 18.9. The molecule has 4 rings (SSSR count). The third kappa shape index (κ3) is 5.01. The van der Waals surface area contributed by atoms with E-state index in [0.29, 0.717) is 17.7 Å². The molecule has 0 spiro atoms. The normalized spacial score (nSPS) is 18.1. The zero-order valence-electron chi connectivity index (χ0n) is 18.9. The zero-order chi connectivity index (χ0) is 24.4. The Balaban J connectivity index is 1.66. The highest BCUT2D eigenvalue weighted by atomic mass is 19.2. The van der Waals surface area contributed by atoms with E-state index in [9.17, 15) is 23.1 Å². The minimum absolute atomic E-state index is 0.265. The predicted molar refractivity (Wildman–Crippen MR) is 124 cm³/mol. The molecular formula is C28H26F4O2. The Hall–Kier alpha value is -3.15. The monoisotopic (exact) mass is 470 g/mol. The van der Waals surface area contributed by atoms with Gasteiger partial charge >= 0.3 is 5.97 Å². The van der Waals surface area contributed by atoms with Gasteiger partial charge in [-0.25, -0.2) is 22.4 Å². The van der Waals surface area contributed by atoms with Crippen LogP contribution in [0.4, 0.5) is 17.6 Å². The van der Waals surface area contributed by atoms with Crippen molar-refractivity contribution in [3.63, 3.8) is 0 Å². The quantitative estimate of drug-likeness (QED) is 0.292. The first-order valence-corrected chi connectivity index (χ1v) is 11.5. The molecule has 1 saturated carbocycles. The van der Waals surface area contributed by atoms with E-state index in [1.807, 2.05) is 12.1 Å². The molecule has 0 amide bonds. The van der Waals surface area contributed by atoms with Gasteiger partial charge in [-0.05, 0) is 65.1 Å². The molecule has 0 bridgehead atoms. The molecule has 1 N–H and O–H groups in total. The van der Waals surface area contributed by atoms with Gasteiger partial charge in [0.25, 0.3) is 0 Å². The van der Waals surface area contributed by atoms with Gasteiger partial charge in [0.05, 0.1) is 5.56 Å². The summed E-state index contributed by atoms with van der Waals surface area (Å²) in [5.74, 6) is -5.74. The van der Waals surface area contributed by atoms with Crippen molar-refractivity contribution in [1.82, 2.24) is 0 Å². The molecule has 0 radical (unpaired) electrons. The lowest BCUT2D eigenvalue weighted by atomic mass is 9.80. The number of aromatic carboxylic acids is 1. The Labute approximate surface area is 196 Å². The van der Waals surface area contributed by atoms with E-state index in [2.05, 4.69) is 6.92 Å². The van der Waals surface area contributed by atoms with Crippen molar-refractivity contribution in [2.45, 2.75) is 45.4 Å². The van der Waals surface area contributed by atoms with E-state index >= 15 is 4.39 Å². The molecule has 0 aromatic heterocycles. The van der Waals surface area contributed by atoms with Crippen molar-refractivity contribution in [3.05, 3.63) is 82.9 Å². The van der Waals surface area contributed by atoms with Crippen LogP contribution in [-0.4, -0.2) is 11.1 Å². The van der Waals surface area contributed by atoms with Gasteiger partial charge in [-0.1, -0.05) is 62.9 Å². The van der Waals surface area contributed by atoms with Gasteiger partial charge in [-0.3, -0.25) is 0 Å². The third-order valence-electron chi connectivity index (χ3n) is 6.89. The first kappa shape index (κ1) is 24.0. The van der Waals surface area contributed by atoms with Crippen LogP contribution in [0.2, 0.25) is 0 Å². The summed E-state index contributed by atoms with van der Waals surface area (Å²) in [4.78, 5) is 11.5. The van der Waals surface area contributed by atoms with Crippen LogP contribution >= 0.6 is 0 Å². The molecule has 3 aromatic carbocycles. The third-order valence-corrected chi connectivity index (χ3v) is 6.89. The van der Waals surface area contributed by atoms with Gasteiger partial charge < -0.3 is 5.11 Å². The lowest BCUT2D eigenvalue weighted by molar-refractivity contribution is 0.0692. The number of carboxylic acid groups (broad SMARTS) is 1. The summed E-state index contributed by atoms with van der Waals surface area (Å²) in [7, 11) is 0. The standard InChI is InChI=1S/C28H26F4O2/c1-16-2-4-17(5-3-16)6-7-18-8-10-19(11-9-18)21-12-13-22(28(33)34)26(31)25(21)20-14-23(29)27(32)24(30)15-20/h8-17H,2-7H2,1H3,(H,33,34)/t16-,17-. The minimum atomic E-state index is -1.67. The highest BCUT2D eigenvalue weighted by Gasteiger charge is 2.23. The Morgan fingerprint density at radius 2 is 1.47 bits per heavy atom. The number of rotatable bonds is 6. The molecule has 0 saturated heterocycles. The summed E-state index contributed by atoms with van der Waals surface area (Å²) in [5.41, 5.74) is 0.754. The topological polar surface area (TPSA) is 37.3 Å². The average molecular weight is 471 g/mol. The van der Waals surface area contributed by atoms with Gasteiger partial charge in [0, 0.05) is 5.56 Å². The smallest absolute Gasteiger partial charge is 0.338 e. The molecule has 6 heteroatoms. The molecular weight excluding hydrogens is 444 g/mol. The molecule has 1 fully saturated rings. The van der Waals surface area contributed by atoms with Crippen LogP contribution in [0.1, 0.15) is 54.9 Å². The Bertz CT molecular complexity index is 1170. The van der Waals surface area contributed by atoms with Crippen LogP contribution in [0.3, 0.4) is 0 Å². The molecule has 1 aliphatic carbocycles. The van der Waals surface area contributed by atoms with Crippen molar-refractivity contribution in [1.29, 1.82) is 0 Å². The van der Waals surface area contributed by atoms with Crippen LogP contribution < -0.4 is 0 Å². The molecule has 0 heterocycles. The summed E-state index contributed by atoms with van der Waals surface area (Å²) in [5, 5.41) is 9.32. The van der Waals surface area contributed by atoms with Crippen molar-refractivity contribution in [2.75, 3.05) is 0 Å². The highest BCUT2D eigenvalue weighted by molar-refractivity contribution is 5.94. The van der Waals surface area contributed by atoms with Crippen LogP contribution in [-0.2, 0) is 6.42 Å². The van der Waals surface area contributed by atoms with Crippen molar-refractivity contribution < 1.29 is 27.5 Å². The first-order valence-electron chi connectivity index (χ1n) is 11.5. The minimum Gasteiger partial charge on any atom is -0.478 e. The molecule has 178 valence electrons. The van der Waals surface area contributed by atoms with E-state index in [1.54, 1.807) is 12.1 Å². The first-order chi connectivity index (χ1) is 16.2. The number of hydrogen-bond acceptors (Lipinski definition) is 1. The summed E-state index contributed by atoms with van der Waals surface area (Å²) < 4.78 is 56.5. The SMILES string of the molecule is C[C@H]1CC[C@H](CCc2ccc(-c3ccc(C(=O)O)c(F)c3-c3cc(F)c(F)c(F)c3)cc2)CC1. The number of aryl methyl sites for hydroxylation is 1. The summed E-state index contributed by atoms with van der Waals surface area (Å²) >= 11 is 0. The number of hydrogen-bond donors (Lipinski definition) is 1. The van der Waals surface area contributed by atoms with Crippen LogP contribution in [0.15, 0.2) is 48.5 Å². The lowest BCUT2D eigenvalue weighted by Crippen LogP contribution is -2.12. The summed E-state index contributed by atoms with van der Waals surface area (Å²) in [6.45, 7) is 2.30. The fourth-order valence-corrected chi connectivity index (χ4v) is 4.80. The highest BCUT2D eigenvalue weighted by Crippen LogP contribution is 2.37. The van der Waals surface area contributed by atoms with E-state index in [-0.39, 0.29) is 16.7 Å². The predicted octanol–water partition coefficient (Wildman–Crippen LogP) is 8.03. The van der Waals surface area contributed by atoms with Gasteiger partial charge in [0.2, 0.25) is 0 Å². The fourth-order valence-electron chi connectivity index (χ4n) is 4.80. The van der Waals surface area contributed by atoms with Crippen LogP contribution in [0.5, 0.6) is 0 Å². The Morgan fingerprint density at radius 1 is 0.853 bits per heavy atom. The van der Waals surface area contributed by atoms with E-state index in [1.165, 1.54) is 31.7 Å². The second-order valence-electron chi connectivity index (χ2n) is 9.27. The lowest BCUT2D eigenvalue weighted by Gasteiger charge is -2.26. The van der Waals surface area contributed by atoms with E-state index in [0.717, 1.165) is 36.3 Å². The summed E-state index contributed by atoms with van der Waals surface area (Å²) in [6.07, 6.45) is 7.08. The fraction of sp³-hybridized carbons (Fsp3) is 0.321. The van der Waals surface area contributed by atoms with Crippen molar-refractivity contribution in [3.8, 4) is 22.3 Å². The maximum Gasteiger partial charge on any atom is 0.338 e. The number of benzene rings is 3. The van der Waals surface area contributed by atoms with Crippen LogP contribution in [0, 0.1) is 35.1 Å². The molecule has 0 aliphatic heterocycles. The van der Waals surface area contributed by atoms with E-state index in [4.69, 9.17) is 0 Å². The Morgan fingerprint density at radius 3 is 2.06 bits per heavy atom. The maximum absolute atomic E-state index is 15.2. The van der Waals surface area contributed by atoms with Gasteiger partial charge in [0.1, 0.15) is 5.82 Å². The molecule has 0 unspecified atom stereocenters. The Kier molecular flexibility index (Phi) is 7.05. The van der Waals surface area contributed by atoms with Gasteiger partial charge in [0.15, 0.2) is 17.5 Å². The van der Waals surface area contributed by atoms with Crippen molar-refractivity contribution in [2.24, 2.45) is 11.8 Å². The maximum atomic E-state index is 15.2. The number of carboxylic acids is 1. The largest absolute Gasteiger partial charge is 0.478 e. The number of carbonyl (C=O) groups is 1. The van der Waals surface area contributed by atoms with Gasteiger partial charge in [-0.2, -0.15) is 0 Å². The second kappa shape index (κ2) is 10.00. The second-order valence-corrected chi connectivity index (χ2v) is 9.27. The number of halogens is 4. The van der Waals surface area contributed by atoms with Crippen molar-refractivity contribution >= 4 is 5.97 Å². The molecule has 0 atom stereocenters. The summed E-state index contributed by atoms with van der Waals surface area (Å²) in [6, 6.07) is 11.3. The average Bonchev–Trinajstić information content (AvgIpc) is 2.82. The molecule has 2 nitrogen and oxygen atoms in total. The molecule has 1 aliphatic rings. The molecule has 34 heavy (non-hydrogen) atoms. The van der Waals surface area contributed by atoms with Gasteiger partial charge in [-0.15, -0.1) is 0 Å². The van der Waals surface area contributed by atoms with E-state index < -0.39 is 34.8 Å². The molecule has 3 aromatic rings.